The zero-order valence-electron chi connectivity index (χ0n) is 16.3. The van der Waals surface area contributed by atoms with Gasteiger partial charge in [0.05, 0.1) is 12.1 Å². The van der Waals surface area contributed by atoms with Crippen LogP contribution >= 0.6 is 0 Å². The normalized spacial score (nSPS) is 15.5. The van der Waals surface area contributed by atoms with E-state index in [0.29, 0.717) is 13.1 Å². The molecule has 1 aliphatic heterocycles. The third-order valence-corrected chi connectivity index (χ3v) is 4.76. The molecule has 1 aromatic rings. The lowest BCUT2D eigenvalue weighted by Gasteiger charge is -2.32. The maximum Gasteiger partial charge on any atom is 0.315 e. The summed E-state index contributed by atoms with van der Waals surface area (Å²) >= 11 is 0. The van der Waals surface area contributed by atoms with Crippen LogP contribution in [0.1, 0.15) is 31.9 Å². The minimum Gasteiger partial charge on any atom is -0.339 e. The van der Waals surface area contributed by atoms with Crippen LogP contribution in [0.15, 0.2) is 30.8 Å². The van der Waals surface area contributed by atoms with Gasteiger partial charge in [-0.15, -0.1) is 0 Å². The molecular formula is C20H30N4O2. The second kappa shape index (κ2) is 8.36. The maximum atomic E-state index is 12.3. The van der Waals surface area contributed by atoms with Gasteiger partial charge in [-0.25, -0.2) is 4.79 Å². The van der Waals surface area contributed by atoms with Crippen molar-refractivity contribution in [1.29, 1.82) is 0 Å². The van der Waals surface area contributed by atoms with Gasteiger partial charge in [0, 0.05) is 26.2 Å². The Bertz CT molecular complexity index is 676. The number of hydrogen-bond acceptors (Lipinski definition) is 3. The molecule has 0 saturated carbocycles. The predicted octanol–water partition coefficient (Wildman–Crippen LogP) is 2.03. The molecule has 2 N–H and O–H groups in total. The Morgan fingerprint density at radius 3 is 2.46 bits per heavy atom. The molecule has 0 unspecified atom stereocenters. The number of likely N-dealkylation sites (N-methyl/N-ethyl adjacent to an activating group) is 1. The molecule has 1 fully saturated rings. The van der Waals surface area contributed by atoms with Crippen LogP contribution in [0.5, 0.6) is 0 Å². The van der Waals surface area contributed by atoms with Gasteiger partial charge in [-0.05, 0) is 45.0 Å². The zero-order valence-corrected chi connectivity index (χ0v) is 16.3. The number of nitrogens with zero attached hydrogens (tertiary/aromatic N) is 2. The SMILES string of the molecule is C=C(C)c1cccc(C(C)(C)NC(=O)NCC(=O)N2CCN(C)CC2)c1. The highest BCUT2D eigenvalue weighted by atomic mass is 16.2. The Hall–Kier alpha value is -2.34. The van der Waals surface area contributed by atoms with Gasteiger partial charge in [-0.2, -0.15) is 0 Å². The summed E-state index contributed by atoms with van der Waals surface area (Å²) in [5.41, 5.74) is 2.44. The number of benzene rings is 1. The number of urea groups is 1. The van der Waals surface area contributed by atoms with Gasteiger partial charge in [-0.3, -0.25) is 4.79 Å². The molecule has 0 aliphatic carbocycles. The number of carbonyl (C=O) groups is 2. The number of nitrogens with one attached hydrogen (secondary N) is 2. The summed E-state index contributed by atoms with van der Waals surface area (Å²) in [6.07, 6.45) is 0. The molecule has 0 bridgehead atoms. The van der Waals surface area contributed by atoms with Crippen LogP contribution in [0, 0.1) is 0 Å². The first-order valence-corrected chi connectivity index (χ1v) is 8.98. The smallest absolute Gasteiger partial charge is 0.315 e. The fourth-order valence-electron chi connectivity index (χ4n) is 2.90. The molecule has 0 radical (unpaired) electrons. The monoisotopic (exact) mass is 358 g/mol. The van der Waals surface area contributed by atoms with Crippen molar-refractivity contribution < 1.29 is 9.59 Å². The average Bonchev–Trinajstić information content (AvgIpc) is 2.60. The maximum absolute atomic E-state index is 12.3. The number of carbonyl (C=O) groups excluding carboxylic acids is 2. The predicted molar refractivity (Wildman–Crippen MR) is 105 cm³/mol. The largest absolute Gasteiger partial charge is 0.339 e. The van der Waals surface area contributed by atoms with Crippen LogP contribution in [0.3, 0.4) is 0 Å². The van der Waals surface area contributed by atoms with Gasteiger partial charge in [0.1, 0.15) is 0 Å². The lowest BCUT2D eigenvalue weighted by molar-refractivity contribution is -0.131. The summed E-state index contributed by atoms with van der Waals surface area (Å²) in [7, 11) is 2.04. The van der Waals surface area contributed by atoms with Gasteiger partial charge in [0.2, 0.25) is 5.91 Å². The van der Waals surface area contributed by atoms with Gasteiger partial charge in [0.15, 0.2) is 0 Å². The molecule has 6 nitrogen and oxygen atoms in total. The minimum atomic E-state index is -0.563. The van der Waals surface area contributed by atoms with E-state index in [9.17, 15) is 9.59 Å². The summed E-state index contributed by atoms with van der Waals surface area (Å²) < 4.78 is 0. The van der Waals surface area contributed by atoms with Crippen molar-refractivity contribution in [3.63, 3.8) is 0 Å². The summed E-state index contributed by atoms with van der Waals surface area (Å²) in [5, 5.41) is 5.63. The first-order chi connectivity index (χ1) is 12.2. The highest BCUT2D eigenvalue weighted by Crippen LogP contribution is 2.23. The molecule has 26 heavy (non-hydrogen) atoms. The van der Waals surface area contributed by atoms with Crippen LogP contribution in [0.4, 0.5) is 4.79 Å². The third kappa shape index (κ3) is 5.33. The molecule has 1 heterocycles. The first kappa shape index (κ1) is 20.0. The van der Waals surface area contributed by atoms with Crippen LogP contribution in [-0.4, -0.2) is 61.5 Å². The molecular weight excluding hydrogens is 328 g/mol. The Morgan fingerprint density at radius 2 is 1.85 bits per heavy atom. The van der Waals surface area contributed by atoms with E-state index in [1.165, 1.54) is 0 Å². The van der Waals surface area contributed by atoms with Gasteiger partial charge in [0.25, 0.3) is 0 Å². The van der Waals surface area contributed by atoms with E-state index in [-0.39, 0.29) is 18.5 Å². The van der Waals surface area contributed by atoms with Crippen LogP contribution in [0.25, 0.3) is 5.57 Å². The second-order valence-electron chi connectivity index (χ2n) is 7.48. The van der Waals surface area contributed by atoms with Crippen LogP contribution in [0.2, 0.25) is 0 Å². The van der Waals surface area contributed by atoms with Gasteiger partial charge >= 0.3 is 6.03 Å². The standard InChI is InChI=1S/C20H30N4O2/c1-15(2)16-7-6-8-17(13-16)20(3,4)22-19(26)21-14-18(25)24-11-9-23(5)10-12-24/h6-8,13H,1,9-12,14H2,2-5H3,(H2,21,22,26). The molecule has 0 atom stereocenters. The number of amides is 3. The molecule has 0 spiro atoms. The van der Waals surface area contributed by atoms with E-state index >= 15 is 0 Å². The third-order valence-electron chi connectivity index (χ3n) is 4.76. The molecule has 1 aliphatic rings. The molecule has 2 rings (SSSR count). The summed E-state index contributed by atoms with van der Waals surface area (Å²) in [6, 6.07) is 7.60. The van der Waals surface area contributed by atoms with E-state index in [2.05, 4.69) is 22.1 Å². The summed E-state index contributed by atoms with van der Waals surface area (Å²) in [4.78, 5) is 28.5. The highest BCUT2D eigenvalue weighted by Gasteiger charge is 2.24. The van der Waals surface area contributed by atoms with Crippen molar-refractivity contribution in [3.05, 3.63) is 42.0 Å². The fourth-order valence-corrected chi connectivity index (χ4v) is 2.90. The summed E-state index contributed by atoms with van der Waals surface area (Å²) in [6.45, 7) is 12.9. The van der Waals surface area contributed by atoms with Crippen molar-refractivity contribution >= 4 is 17.5 Å². The van der Waals surface area contributed by atoms with Crippen LogP contribution < -0.4 is 10.6 Å². The van der Waals surface area contributed by atoms with Crippen LogP contribution in [-0.2, 0) is 10.3 Å². The average molecular weight is 358 g/mol. The molecule has 3 amide bonds. The minimum absolute atomic E-state index is 0.0113. The van der Waals surface area contributed by atoms with Crippen molar-refractivity contribution in [2.75, 3.05) is 39.8 Å². The molecule has 0 aromatic heterocycles. The molecule has 6 heteroatoms. The van der Waals surface area contributed by atoms with Crippen molar-refractivity contribution in [2.45, 2.75) is 26.3 Å². The van der Waals surface area contributed by atoms with E-state index < -0.39 is 5.54 Å². The number of allylic oxidation sites excluding steroid dienone is 1. The molecule has 1 saturated heterocycles. The Kier molecular flexibility index (Phi) is 6.42. The zero-order chi connectivity index (χ0) is 19.3. The molecule has 142 valence electrons. The Morgan fingerprint density at radius 1 is 1.19 bits per heavy atom. The topological polar surface area (TPSA) is 64.7 Å². The molecule has 1 aromatic carbocycles. The second-order valence-corrected chi connectivity index (χ2v) is 7.48. The van der Waals surface area contributed by atoms with E-state index in [4.69, 9.17) is 0 Å². The van der Waals surface area contributed by atoms with Gasteiger partial charge < -0.3 is 20.4 Å². The quantitative estimate of drug-likeness (QED) is 0.846. The van der Waals surface area contributed by atoms with Gasteiger partial charge in [-0.1, -0.05) is 30.4 Å². The Labute approximate surface area is 156 Å². The first-order valence-electron chi connectivity index (χ1n) is 8.98. The number of piperazine rings is 1. The fraction of sp³-hybridized carbons (Fsp3) is 0.500. The highest BCUT2D eigenvalue weighted by molar-refractivity contribution is 5.84. The lowest BCUT2D eigenvalue weighted by atomic mass is 9.92. The van der Waals surface area contributed by atoms with E-state index in [0.717, 1.165) is 29.8 Å². The van der Waals surface area contributed by atoms with Crippen molar-refractivity contribution in [2.24, 2.45) is 0 Å². The summed E-state index contributed by atoms with van der Waals surface area (Å²) in [5.74, 6) is -0.0460. The number of rotatable bonds is 5. The Balaban J connectivity index is 1.89. The van der Waals surface area contributed by atoms with E-state index in [1.807, 2.05) is 52.1 Å². The van der Waals surface area contributed by atoms with Crippen molar-refractivity contribution in [1.82, 2.24) is 20.4 Å². The number of hydrogen-bond donors (Lipinski definition) is 2. The van der Waals surface area contributed by atoms with Crippen molar-refractivity contribution in [3.8, 4) is 0 Å². The lowest BCUT2D eigenvalue weighted by Crippen LogP contribution is -2.52. The van der Waals surface area contributed by atoms with E-state index in [1.54, 1.807) is 4.90 Å².